The Morgan fingerprint density at radius 1 is 1.18 bits per heavy atom. The number of esters is 2. The van der Waals surface area contributed by atoms with E-state index in [0.717, 1.165) is 29.7 Å². The average Bonchev–Trinajstić information content (AvgIpc) is 3.27. The molecular weight excluding hydrogens is 382 g/mol. The number of carbonyl (C=O) groups is 3. The van der Waals surface area contributed by atoms with Gasteiger partial charge in [-0.3, -0.25) is 4.79 Å². The molecular formula is C20H21NO6S. The summed E-state index contributed by atoms with van der Waals surface area (Å²) in [6, 6.07) is 8.31. The van der Waals surface area contributed by atoms with E-state index >= 15 is 0 Å². The fourth-order valence-electron chi connectivity index (χ4n) is 3.06. The number of anilines is 1. The SMILES string of the molecule is CCOC(=O)c1c(NC(=O)COC(=O)[C@@H](O)c2ccccc2)sc2c1CCC2. The molecule has 1 aromatic heterocycles. The van der Waals surface area contributed by atoms with Crippen molar-refractivity contribution in [3.8, 4) is 0 Å². The van der Waals surface area contributed by atoms with Crippen LogP contribution in [-0.4, -0.2) is 36.2 Å². The first-order valence-corrected chi connectivity index (χ1v) is 9.84. The molecule has 0 fully saturated rings. The summed E-state index contributed by atoms with van der Waals surface area (Å²) < 4.78 is 10.0. The Bertz CT molecular complexity index is 876. The van der Waals surface area contributed by atoms with Crippen molar-refractivity contribution in [2.45, 2.75) is 32.3 Å². The number of aliphatic hydroxyl groups excluding tert-OH is 1. The van der Waals surface area contributed by atoms with E-state index in [1.165, 1.54) is 11.3 Å². The van der Waals surface area contributed by atoms with E-state index in [1.54, 1.807) is 37.3 Å². The summed E-state index contributed by atoms with van der Waals surface area (Å²) in [7, 11) is 0. The number of benzene rings is 1. The number of hydrogen-bond donors (Lipinski definition) is 2. The van der Waals surface area contributed by atoms with Gasteiger partial charge in [-0.2, -0.15) is 0 Å². The molecule has 1 aromatic carbocycles. The molecule has 7 nitrogen and oxygen atoms in total. The number of aliphatic hydroxyl groups is 1. The quantitative estimate of drug-likeness (QED) is 0.689. The number of rotatable bonds is 7. The lowest BCUT2D eigenvalue weighted by Gasteiger charge is -2.11. The minimum atomic E-state index is -1.46. The number of carbonyl (C=O) groups excluding carboxylic acids is 3. The fourth-order valence-corrected chi connectivity index (χ4v) is 4.35. The molecule has 0 saturated heterocycles. The largest absolute Gasteiger partial charge is 0.462 e. The third-order valence-electron chi connectivity index (χ3n) is 4.34. The molecule has 0 saturated carbocycles. The van der Waals surface area contributed by atoms with Gasteiger partial charge in [0.15, 0.2) is 12.7 Å². The van der Waals surface area contributed by atoms with Gasteiger partial charge in [-0.05, 0) is 37.3 Å². The molecule has 8 heteroatoms. The predicted molar refractivity (Wildman–Crippen MR) is 103 cm³/mol. The van der Waals surface area contributed by atoms with Crippen LogP contribution in [0.5, 0.6) is 0 Å². The third kappa shape index (κ3) is 4.40. The number of fused-ring (bicyclic) bond motifs is 1. The van der Waals surface area contributed by atoms with Crippen LogP contribution in [0.1, 0.15) is 45.8 Å². The minimum absolute atomic E-state index is 0.242. The molecule has 1 aliphatic carbocycles. The number of thiophene rings is 1. The fraction of sp³-hybridized carbons (Fsp3) is 0.350. The van der Waals surface area contributed by atoms with Gasteiger partial charge in [-0.15, -0.1) is 11.3 Å². The normalized spacial score (nSPS) is 13.5. The standard InChI is InChI=1S/C20H21NO6S/c1-2-26-19(24)16-13-9-6-10-14(13)28-18(16)21-15(22)11-27-20(25)17(23)12-7-4-3-5-8-12/h3-5,7-8,17,23H,2,6,9-11H2,1H3,(H,21,22)/t17-/m0/s1. The molecule has 0 spiro atoms. The predicted octanol–water partition coefficient (Wildman–Crippen LogP) is 2.63. The van der Waals surface area contributed by atoms with Crippen LogP contribution in [0, 0.1) is 0 Å². The van der Waals surface area contributed by atoms with Gasteiger partial charge in [-0.1, -0.05) is 30.3 Å². The van der Waals surface area contributed by atoms with E-state index in [0.29, 0.717) is 16.1 Å². The number of ether oxygens (including phenoxy) is 2. The Hall–Kier alpha value is -2.71. The van der Waals surface area contributed by atoms with Crippen LogP contribution in [-0.2, 0) is 31.9 Å². The van der Waals surface area contributed by atoms with Crippen LogP contribution in [0.15, 0.2) is 30.3 Å². The lowest BCUT2D eigenvalue weighted by atomic mass is 10.1. The highest BCUT2D eigenvalue weighted by atomic mass is 32.1. The first-order chi connectivity index (χ1) is 13.5. The minimum Gasteiger partial charge on any atom is -0.462 e. The molecule has 0 aliphatic heterocycles. The lowest BCUT2D eigenvalue weighted by Crippen LogP contribution is -2.24. The Morgan fingerprint density at radius 3 is 2.64 bits per heavy atom. The van der Waals surface area contributed by atoms with Crippen molar-refractivity contribution >= 4 is 34.2 Å². The molecule has 2 aromatic rings. The van der Waals surface area contributed by atoms with Crippen LogP contribution in [0.25, 0.3) is 0 Å². The van der Waals surface area contributed by atoms with Gasteiger partial charge in [0.05, 0.1) is 12.2 Å². The first-order valence-electron chi connectivity index (χ1n) is 9.02. The monoisotopic (exact) mass is 403 g/mol. The molecule has 3 rings (SSSR count). The highest BCUT2D eigenvalue weighted by Crippen LogP contribution is 2.39. The summed E-state index contributed by atoms with van der Waals surface area (Å²) in [6.07, 6.45) is 1.14. The third-order valence-corrected chi connectivity index (χ3v) is 5.55. The van der Waals surface area contributed by atoms with Crippen molar-refractivity contribution in [3.63, 3.8) is 0 Å². The summed E-state index contributed by atoms with van der Waals surface area (Å²) >= 11 is 1.35. The molecule has 1 heterocycles. The maximum absolute atomic E-state index is 12.3. The van der Waals surface area contributed by atoms with E-state index in [9.17, 15) is 19.5 Å². The van der Waals surface area contributed by atoms with Gasteiger partial charge in [0.1, 0.15) is 5.00 Å². The topological polar surface area (TPSA) is 102 Å². The molecule has 148 valence electrons. The molecule has 1 amide bonds. The van der Waals surface area contributed by atoms with Crippen LogP contribution < -0.4 is 5.32 Å². The van der Waals surface area contributed by atoms with E-state index in [-0.39, 0.29) is 6.61 Å². The molecule has 0 unspecified atom stereocenters. The summed E-state index contributed by atoms with van der Waals surface area (Å²) in [5, 5.41) is 13.0. The number of hydrogen-bond acceptors (Lipinski definition) is 7. The number of amides is 1. The van der Waals surface area contributed by atoms with Crippen LogP contribution in [0.4, 0.5) is 5.00 Å². The van der Waals surface area contributed by atoms with Crippen molar-refractivity contribution in [1.82, 2.24) is 0 Å². The highest BCUT2D eigenvalue weighted by Gasteiger charge is 2.28. The zero-order chi connectivity index (χ0) is 20.1. The second-order valence-corrected chi connectivity index (χ2v) is 7.36. The Morgan fingerprint density at radius 2 is 1.93 bits per heavy atom. The van der Waals surface area contributed by atoms with Crippen LogP contribution in [0.2, 0.25) is 0 Å². The second-order valence-electron chi connectivity index (χ2n) is 6.25. The van der Waals surface area contributed by atoms with Gasteiger partial charge in [0.25, 0.3) is 5.91 Å². The van der Waals surface area contributed by atoms with Gasteiger partial charge in [0, 0.05) is 4.88 Å². The molecule has 28 heavy (non-hydrogen) atoms. The summed E-state index contributed by atoms with van der Waals surface area (Å²) in [5.41, 5.74) is 1.70. The van der Waals surface area contributed by atoms with Crippen molar-refractivity contribution in [2.24, 2.45) is 0 Å². The van der Waals surface area contributed by atoms with E-state index in [4.69, 9.17) is 9.47 Å². The zero-order valence-electron chi connectivity index (χ0n) is 15.4. The molecule has 0 radical (unpaired) electrons. The smallest absolute Gasteiger partial charge is 0.341 e. The maximum atomic E-state index is 12.3. The van der Waals surface area contributed by atoms with Crippen molar-refractivity contribution < 1.29 is 29.0 Å². The van der Waals surface area contributed by atoms with Crippen molar-refractivity contribution in [1.29, 1.82) is 0 Å². The molecule has 1 aliphatic rings. The Balaban J connectivity index is 1.62. The average molecular weight is 403 g/mol. The molecule has 2 N–H and O–H groups in total. The Labute approximate surface area is 166 Å². The van der Waals surface area contributed by atoms with E-state index in [2.05, 4.69) is 5.32 Å². The molecule has 1 atom stereocenters. The van der Waals surface area contributed by atoms with Crippen molar-refractivity contribution in [3.05, 3.63) is 51.9 Å². The highest BCUT2D eigenvalue weighted by molar-refractivity contribution is 7.17. The summed E-state index contributed by atoms with van der Waals surface area (Å²) in [6.45, 7) is 1.40. The number of aryl methyl sites for hydroxylation is 1. The Kier molecular flexibility index (Phi) is 6.43. The zero-order valence-corrected chi connectivity index (χ0v) is 16.2. The van der Waals surface area contributed by atoms with Crippen LogP contribution in [0.3, 0.4) is 0 Å². The van der Waals surface area contributed by atoms with Gasteiger partial charge >= 0.3 is 11.9 Å². The first kappa shape index (κ1) is 20.0. The van der Waals surface area contributed by atoms with Gasteiger partial charge < -0.3 is 19.9 Å². The van der Waals surface area contributed by atoms with Gasteiger partial charge in [0.2, 0.25) is 0 Å². The molecule has 0 bridgehead atoms. The second kappa shape index (κ2) is 8.99. The summed E-state index contributed by atoms with van der Waals surface area (Å²) in [4.78, 5) is 37.5. The van der Waals surface area contributed by atoms with E-state index in [1.807, 2.05) is 0 Å². The van der Waals surface area contributed by atoms with Gasteiger partial charge in [-0.25, -0.2) is 9.59 Å². The summed E-state index contributed by atoms with van der Waals surface area (Å²) in [5.74, 6) is -1.96. The number of nitrogens with one attached hydrogen (secondary N) is 1. The van der Waals surface area contributed by atoms with E-state index < -0.39 is 30.6 Å². The lowest BCUT2D eigenvalue weighted by molar-refractivity contribution is -0.156. The maximum Gasteiger partial charge on any atom is 0.341 e. The van der Waals surface area contributed by atoms with Crippen molar-refractivity contribution in [2.75, 3.05) is 18.5 Å². The van der Waals surface area contributed by atoms with Crippen LogP contribution >= 0.6 is 11.3 Å².